The van der Waals surface area contributed by atoms with E-state index in [1.54, 1.807) is 0 Å². The van der Waals surface area contributed by atoms with Gasteiger partial charge in [-0.2, -0.15) is 0 Å². The molecule has 0 saturated carbocycles. The number of carboxylic acid groups (broad SMARTS) is 1. The van der Waals surface area contributed by atoms with E-state index in [0.29, 0.717) is 5.56 Å². The van der Waals surface area contributed by atoms with Crippen LogP contribution >= 0.6 is 11.8 Å². The van der Waals surface area contributed by atoms with E-state index in [1.165, 1.54) is 48.6 Å². The summed E-state index contributed by atoms with van der Waals surface area (Å²) in [5.41, 5.74) is 0.656. The molecule has 0 bridgehead atoms. The van der Waals surface area contributed by atoms with Crippen molar-refractivity contribution in [2.45, 2.75) is 4.90 Å². The van der Waals surface area contributed by atoms with Gasteiger partial charge in [-0.25, -0.2) is 4.39 Å². The largest absolute Gasteiger partial charge is 0.481 e. The number of rotatable bonds is 7. The summed E-state index contributed by atoms with van der Waals surface area (Å²) in [6.45, 7) is 0. The van der Waals surface area contributed by atoms with Gasteiger partial charge in [0, 0.05) is 22.6 Å². The normalized spacial score (nSPS) is 10.8. The Morgan fingerprint density at radius 2 is 1.88 bits per heavy atom. The number of hydrogen-bond donors (Lipinski definition) is 1. The smallest absolute Gasteiger partial charge is 0.313 e. The SMILES string of the molecule is O=C(O)CSc1ccc(C(=O)/C=C/c2ccc([N+](=O)[O-])cc2)cc1F. The second-order valence-corrected chi connectivity index (χ2v) is 5.89. The third-order valence-electron chi connectivity index (χ3n) is 3.10. The van der Waals surface area contributed by atoms with E-state index in [4.69, 9.17) is 5.11 Å². The van der Waals surface area contributed by atoms with Gasteiger partial charge in [0.15, 0.2) is 5.78 Å². The van der Waals surface area contributed by atoms with Crippen molar-refractivity contribution < 1.29 is 24.0 Å². The minimum atomic E-state index is -1.06. The molecule has 0 fully saturated rings. The number of nitrogens with zero attached hydrogens (tertiary/aromatic N) is 1. The molecule has 0 spiro atoms. The molecular formula is C17H12FNO5S. The first-order valence-corrected chi connectivity index (χ1v) is 7.96. The lowest BCUT2D eigenvalue weighted by Gasteiger charge is -2.03. The fraction of sp³-hybridized carbons (Fsp3) is 0.0588. The fourth-order valence-corrected chi connectivity index (χ4v) is 2.53. The molecule has 0 radical (unpaired) electrons. The zero-order chi connectivity index (χ0) is 18.4. The summed E-state index contributed by atoms with van der Waals surface area (Å²) in [5.74, 6) is -2.44. The maximum atomic E-state index is 13.9. The molecule has 0 amide bonds. The summed E-state index contributed by atoms with van der Waals surface area (Å²) in [6.07, 6.45) is 2.71. The number of halogens is 1. The van der Waals surface area contributed by atoms with Crippen LogP contribution in [0.3, 0.4) is 0 Å². The molecule has 8 heteroatoms. The number of allylic oxidation sites excluding steroid dienone is 1. The van der Waals surface area contributed by atoms with E-state index in [2.05, 4.69) is 0 Å². The maximum absolute atomic E-state index is 13.9. The van der Waals surface area contributed by atoms with Gasteiger partial charge < -0.3 is 5.11 Å². The topological polar surface area (TPSA) is 97.5 Å². The van der Waals surface area contributed by atoms with E-state index in [0.717, 1.165) is 17.8 Å². The van der Waals surface area contributed by atoms with Gasteiger partial charge in [0.05, 0.1) is 10.7 Å². The van der Waals surface area contributed by atoms with E-state index < -0.39 is 22.5 Å². The Morgan fingerprint density at radius 1 is 1.20 bits per heavy atom. The van der Waals surface area contributed by atoms with Crippen LogP contribution < -0.4 is 0 Å². The number of benzene rings is 2. The first-order chi connectivity index (χ1) is 11.9. The van der Waals surface area contributed by atoms with Gasteiger partial charge >= 0.3 is 5.97 Å². The van der Waals surface area contributed by atoms with Gasteiger partial charge in [-0.05, 0) is 42.0 Å². The van der Waals surface area contributed by atoms with Crippen LogP contribution in [0.2, 0.25) is 0 Å². The molecular weight excluding hydrogens is 349 g/mol. The Kier molecular flexibility index (Phi) is 6.02. The summed E-state index contributed by atoms with van der Waals surface area (Å²) >= 11 is 0.831. The van der Waals surface area contributed by atoms with Gasteiger partial charge in [0.1, 0.15) is 5.82 Å². The number of nitro benzene ring substituents is 1. The second kappa shape index (κ2) is 8.20. The monoisotopic (exact) mass is 361 g/mol. The number of nitro groups is 1. The number of carbonyl (C=O) groups excluding carboxylic acids is 1. The quantitative estimate of drug-likeness (QED) is 0.265. The van der Waals surface area contributed by atoms with E-state index in [9.17, 15) is 24.1 Å². The molecule has 25 heavy (non-hydrogen) atoms. The Morgan fingerprint density at radius 3 is 2.44 bits per heavy atom. The van der Waals surface area contributed by atoms with E-state index >= 15 is 0 Å². The third kappa shape index (κ3) is 5.25. The highest BCUT2D eigenvalue weighted by atomic mass is 32.2. The molecule has 1 N–H and O–H groups in total. The van der Waals surface area contributed by atoms with E-state index in [-0.39, 0.29) is 21.9 Å². The van der Waals surface area contributed by atoms with Gasteiger partial charge in [-0.1, -0.05) is 6.08 Å². The minimum Gasteiger partial charge on any atom is -0.481 e. The lowest BCUT2D eigenvalue weighted by molar-refractivity contribution is -0.384. The van der Waals surface area contributed by atoms with Crippen LogP contribution in [0.1, 0.15) is 15.9 Å². The number of thioether (sulfide) groups is 1. The predicted molar refractivity (Wildman–Crippen MR) is 91.2 cm³/mol. The lowest BCUT2D eigenvalue weighted by atomic mass is 10.1. The molecule has 0 atom stereocenters. The summed E-state index contributed by atoms with van der Waals surface area (Å²) in [4.78, 5) is 32.8. The molecule has 2 aromatic rings. The molecule has 0 aromatic heterocycles. The Hall–Kier alpha value is -3.00. The molecule has 2 aromatic carbocycles. The van der Waals surface area contributed by atoms with Crippen LogP contribution in [-0.4, -0.2) is 27.5 Å². The van der Waals surface area contributed by atoms with Crippen molar-refractivity contribution in [3.63, 3.8) is 0 Å². The first kappa shape index (κ1) is 18.3. The number of carbonyl (C=O) groups is 2. The van der Waals surface area contributed by atoms with Crippen molar-refractivity contribution in [1.29, 1.82) is 0 Å². The first-order valence-electron chi connectivity index (χ1n) is 6.98. The summed E-state index contributed by atoms with van der Waals surface area (Å²) in [7, 11) is 0. The highest BCUT2D eigenvalue weighted by molar-refractivity contribution is 8.00. The average molecular weight is 361 g/mol. The minimum absolute atomic E-state index is 0.0556. The number of ketones is 1. The summed E-state index contributed by atoms with van der Waals surface area (Å²) in [6, 6.07) is 9.44. The number of hydrogen-bond acceptors (Lipinski definition) is 5. The van der Waals surface area contributed by atoms with Crippen molar-refractivity contribution in [1.82, 2.24) is 0 Å². The zero-order valence-electron chi connectivity index (χ0n) is 12.7. The van der Waals surface area contributed by atoms with Gasteiger partial charge in [-0.15, -0.1) is 11.8 Å². The van der Waals surface area contributed by atoms with Crippen molar-refractivity contribution in [3.8, 4) is 0 Å². The van der Waals surface area contributed by atoms with Crippen LogP contribution in [0.15, 0.2) is 53.4 Å². The van der Waals surface area contributed by atoms with Crippen LogP contribution in [0.4, 0.5) is 10.1 Å². The fourth-order valence-electron chi connectivity index (χ4n) is 1.89. The molecule has 0 heterocycles. The molecule has 128 valence electrons. The highest BCUT2D eigenvalue weighted by Crippen LogP contribution is 2.23. The van der Waals surface area contributed by atoms with Gasteiger partial charge in [-0.3, -0.25) is 19.7 Å². The second-order valence-electron chi connectivity index (χ2n) is 4.87. The molecule has 6 nitrogen and oxygen atoms in total. The number of aliphatic carboxylic acids is 1. The lowest BCUT2D eigenvalue weighted by Crippen LogP contribution is -2.00. The van der Waals surface area contributed by atoms with Crippen LogP contribution in [0.25, 0.3) is 6.08 Å². The molecule has 0 saturated heterocycles. The van der Waals surface area contributed by atoms with Crippen molar-refractivity contribution in [2.75, 3.05) is 5.75 Å². The Balaban J connectivity index is 2.08. The van der Waals surface area contributed by atoms with E-state index in [1.807, 2.05) is 0 Å². The van der Waals surface area contributed by atoms with Crippen LogP contribution in [-0.2, 0) is 4.79 Å². The third-order valence-corrected chi connectivity index (χ3v) is 4.13. The van der Waals surface area contributed by atoms with Crippen LogP contribution in [0.5, 0.6) is 0 Å². The maximum Gasteiger partial charge on any atom is 0.313 e. The molecule has 2 rings (SSSR count). The van der Waals surface area contributed by atoms with Gasteiger partial charge in [0.2, 0.25) is 0 Å². The zero-order valence-corrected chi connectivity index (χ0v) is 13.5. The van der Waals surface area contributed by atoms with Crippen molar-refractivity contribution in [2.24, 2.45) is 0 Å². The molecule has 0 aliphatic heterocycles. The number of carboxylic acids is 1. The summed E-state index contributed by atoms with van der Waals surface area (Å²) < 4.78 is 13.9. The Bertz CT molecular complexity index is 849. The number of non-ortho nitro benzene ring substituents is 1. The Labute approximate surface area is 146 Å². The predicted octanol–water partition coefficient (Wildman–Crippen LogP) is 3.81. The summed E-state index contributed by atoms with van der Waals surface area (Å²) in [5, 5.41) is 19.2. The standard InChI is InChI=1S/C17H12FNO5S/c18-14-9-12(4-8-16(14)25-10-17(21)22)15(20)7-3-11-1-5-13(6-2-11)19(23)24/h1-9H,10H2,(H,21,22)/b7-3+. The van der Waals surface area contributed by atoms with Crippen molar-refractivity contribution >= 4 is 35.3 Å². The van der Waals surface area contributed by atoms with Crippen molar-refractivity contribution in [3.05, 3.63) is 75.6 Å². The van der Waals surface area contributed by atoms with Crippen LogP contribution in [0, 0.1) is 15.9 Å². The highest BCUT2D eigenvalue weighted by Gasteiger charge is 2.10. The molecule has 0 aliphatic carbocycles. The van der Waals surface area contributed by atoms with Gasteiger partial charge in [0.25, 0.3) is 5.69 Å². The molecule has 0 aliphatic rings. The molecule has 0 unspecified atom stereocenters. The average Bonchev–Trinajstić information content (AvgIpc) is 2.58.